The summed E-state index contributed by atoms with van der Waals surface area (Å²) >= 11 is 0. The normalized spacial score (nSPS) is 18.1. The zero-order valence-corrected chi connectivity index (χ0v) is 13.5. The number of nitrogens with zero attached hydrogens (tertiary/aromatic N) is 1. The van der Waals surface area contributed by atoms with Crippen LogP contribution >= 0.6 is 0 Å². The van der Waals surface area contributed by atoms with E-state index in [4.69, 9.17) is 4.74 Å². The van der Waals surface area contributed by atoms with Crippen molar-refractivity contribution < 1.29 is 9.53 Å². The predicted molar refractivity (Wildman–Crippen MR) is 85.6 cm³/mol. The molecule has 0 spiro atoms. The topological polar surface area (TPSA) is 29.5 Å². The van der Waals surface area contributed by atoms with Crippen molar-refractivity contribution in [2.75, 3.05) is 20.2 Å². The number of hydrogen-bond acceptors (Lipinski definition) is 2. The number of amides is 1. The maximum Gasteiger partial charge on any atom is 0.226 e. The molecule has 2 rings (SSSR count). The van der Waals surface area contributed by atoms with Crippen LogP contribution in [0.2, 0.25) is 0 Å². The lowest BCUT2D eigenvalue weighted by Crippen LogP contribution is -2.40. The van der Waals surface area contributed by atoms with Crippen molar-refractivity contribution >= 4 is 5.91 Å². The number of carbonyl (C=O) groups excluding carboxylic acids is 1. The maximum absolute atomic E-state index is 12.7. The smallest absolute Gasteiger partial charge is 0.226 e. The van der Waals surface area contributed by atoms with Crippen molar-refractivity contribution in [3.63, 3.8) is 0 Å². The van der Waals surface area contributed by atoms with Crippen LogP contribution in [0, 0.1) is 5.92 Å². The van der Waals surface area contributed by atoms with Gasteiger partial charge in [0, 0.05) is 19.0 Å². The van der Waals surface area contributed by atoms with Crippen LogP contribution in [0.25, 0.3) is 0 Å². The maximum atomic E-state index is 12.7. The summed E-state index contributed by atoms with van der Waals surface area (Å²) in [5.74, 6) is 1.46. The van der Waals surface area contributed by atoms with Gasteiger partial charge in [-0.1, -0.05) is 26.0 Å². The molecule has 21 heavy (non-hydrogen) atoms. The van der Waals surface area contributed by atoms with Gasteiger partial charge < -0.3 is 9.64 Å². The molecule has 116 valence electrons. The Kier molecular flexibility index (Phi) is 5.66. The first-order valence-corrected chi connectivity index (χ1v) is 8.10. The molecule has 1 aromatic rings. The summed E-state index contributed by atoms with van der Waals surface area (Å²) in [7, 11) is 1.68. The van der Waals surface area contributed by atoms with Gasteiger partial charge in [0.2, 0.25) is 5.91 Å². The molecule has 0 aromatic heterocycles. The third kappa shape index (κ3) is 3.78. The van der Waals surface area contributed by atoms with E-state index < -0.39 is 0 Å². The molecule has 1 aliphatic rings. The Labute approximate surface area is 128 Å². The van der Waals surface area contributed by atoms with E-state index in [1.165, 1.54) is 12.0 Å². The van der Waals surface area contributed by atoms with Gasteiger partial charge >= 0.3 is 0 Å². The zero-order valence-electron chi connectivity index (χ0n) is 13.5. The van der Waals surface area contributed by atoms with Gasteiger partial charge in [-0.05, 0) is 49.3 Å². The van der Waals surface area contributed by atoms with Gasteiger partial charge in [0.05, 0.1) is 7.11 Å². The molecule has 1 saturated heterocycles. The number of methoxy groups -OCH3 is 1. The molecule has 1 aromatic carbocycles. The Morgan fingerprint density at radius 2 is 2.00 bits per heavy atom. The lowest BCUT2D eigenvalue weighted by molar-refractivity contribution is -0.136. The molecule has 0 saturated carbocycles. The first-order chi connectivity index (χ1) is 10.2. The summed E-state index contributed by atoms with van der Waals surface area (Å²) in [6, 6.07) is 8.13. The number of benzene rings is 1. The van der Waals surface area contributed by atoms with E-state index in [1.54, 1.807) is 7.11 Å². The van der Waals surface area contributed by atoms with E-state index in [9.17, 15) is 4.79 Å². The second kappa shape index (κ2) is 7.48. The summed E-state index contributed by atoms with van der Waals surface area (Å²) in [6.45, 7) is 6.09. The van der Waals surface area contributed by atoms with Gasteiger partial charge in [0.15, 0.2) is 0 Å². The molecule has 2 unspecified atom stereocenters. The summed E-state index contributed by atoms with van der Waals surface area (Å²) < 4.78 is 5.31. The minimum absolute atomic E-state index is 0.0280. The van der Waals surface area contributed by atoms with E-state index in [2.05, 4.69) is 30.9 Å². The second-order valence-electron chi connectivity index (χ2n) is 5.97. The average Bonchev–Trinajstić information content (AvgIpc) is 2.55. The Bertz CT molecular complexity index is 466. The highest BCUT2D eigenvalue weighted by Gasteiger charge is 2.28. The molecular weight excluding hydrogens is 262 g/mol. The van der Waals surface area contributed by atoms with Crippen molar-refractivity contribution in [3.05, 3.63) is 29.8 Å². The van der Waals surface area contributed by atoms with Gasteiger partial charge in [0.25, 0.3) is 0 Å². The van der Waals surface area contributed by atoms with Crippen LogP contribution in [0.3, 0.4) is 0 Å². The van der Waals surface area contributed by atoms with E-state index in [0.29, 0.717) is 5.91 Å². The van der Waals surface area contributed by atoms with Crippen LogP contribution in [0.4, 0.5) is 0 Å². The summed E-state index contributed by atoms with van der Waals surface area (Å²) in [5.41, 5.74) is 1.20. The second-order valence-corrected chi connectivity index (χ2v) is 5.97. The fraction of sp³-hybridized carbons (Fsp3) is 0.611. The van der Waals surface area contributed by atoms with Crippen LogP contribution in [-0.2, 0) is 4.79 Å². The van der Waals surface area contributed by atoms with Gasteiger partial charge in [-0.15, -0.1) is 0 Å². The third-order valence-corrected chi connectivity index (χ3v) is 4.62. The Morgan fingerprint density at radius 1 is 1.29 bits per heavy atom. The summed E-state index contributed by atoms with van der Waals surface area (Å²) in [6.07, 6.45) is 4.52. The first-order valence-electron chi connectivity index (χ1n) is 8.10. The molecule has 3 heteroatoms. The number of carbonyl (C=O) groups is 1. The lowest BCUT2D eigenvalue weighted by atomic mass is 9.84. The number of likely N-dealkylation sites (tertiary alicyclic amines) is 1. The highest BCUT2D eigenvalue weighted by Crippen LogP contribution is 2.31. The summed E-state index contributed by atoms with van der Waals surface area (Å²) in [5, 5.41) is 0. The van der Waals surface area contributed by atoms with Crippen molar-refractivity contribution in [2.24, 2.45) is 5.92 Å². The largest absolute Gasteiger partial charge is 0.497 e. The van der Waals surface area contributed by atoms with E-state index in [-0.39, 0.29) is 11.8 Å². The molecule has 0 bridgehead atoms. The highest BCUT2D eigenvalue weighted by molar-refractivity contribution is 5.79. The zero-order chi connectivity index (χ0) is 15.2. The SMILES string of the molecule is CCC(c1cccc(OC)c1)C(C)C(=O)N1CCCCC1. The van der Waals surface area contributed by atoms with Crippen molar-refractivity contribution in [3.8, 4) is 5.75 Å². The number of rotatable bonds is 5. The molecular formula is C18H27NO2. The Balaban J connectivity index is 2.13. The molecule has 0 radical (unpaired) electrons. The van der Waals surface area contributed by atoms with Gasteiger partial charge in [-0.3, -0.25) is 4.79 Å². The highest BCUT2D eigenvalue weighted by atomic mass is 16.5. The first kappa shape index (κ1) is 15.9. The molecule has 0 aliphatic carbocycles. The fourth-order valence-electron chi connectivity index (χ4n) is 3.32. The van der Waals surface area contributed by atoms with Gasteiger partial charge in [-0.2, -0.15) is 0 Å². The molecule has 1 amide bonds. The van der Waals surface area contributed by atoms with E-state index in [1.807, 2.05) is 12.1 Å². The standard InChI is InChI=1S/C18H27NO2/c1-4-17(15-9-8-10-16(13-15)21-3)14(2)18(20)19-11-6-5-7-12-19/h8-10,13-14,17H,4-7,11-12H2,1-3H3. The number of piperidine rings is 1. The fourth-order valence-corrected chi connectivity index (χ4v) is 3.32. The molecule has 1 fully saturated rings. The van der Waals surface area contributed by atoms with Crippen LogP contribution in [0.5, 0.6) is 5.75 Å². The van der Waals surface area contributed by atoms with Crippen molar-refractivity contribution in [2.45, 2.75) is 45.4 Å². The van der Waals surface area contributed by atoms with Crippen molar-refractivity contribution in [1.82, 2.24) is 4.90 Å². The van der Waals surface area contributed by atoms with Crippen LogP contribution in [-0.4, -0.2) is 31.0 Å². The molecule has 1 heterocycles. The minimum Gasteiger partial charge on any atom is -0.497 e. The quantitative estimate of drug-likeness (QED) is 0.824. The average molecular weight is 289 g/mol. The Hall–Kier alpha value is -1.51. The van der Waals surface area contributed by atoms with Gasteiger partial charge in [-0.25, -0.2) is 0 Å². The lowest BCUT2D eigenvalue weighted by Gasteiger charge is -2.32. The van der Waals surface area contributed by atoms with E-state index >= 15 is 0 Å². The molecule has 2 atom stereocenters. The summed E-state index contributed by atoms with van der Waals surface area (Å²) in [4.78, 5) is 14.8. The van der Waals surface area contributed by atoms with Crippen LogP contribution < -0.4 is 4.74 Å². The van der Waals surface area contributed by atoms with Gasteiger partial charge in [0.1, 0.15) is 5.75 Å². The number of ether oxygens (including phenoxy) is 1. The molecule has 3 nitrogen and oxygen atoms in total. The minimum atomic E-state index is 0.0280. The third-order valence-electron chi connectivity index (χ3n) is 4.62. The molecule has 0 N–H and O–H groups in total. The Morgan fingerprint density at radius 3 is 2.62 bits per heavy atom. The number of hydrogen-bond donors (Lipinski definition) is 0. The van der Waals surface area contributed by atoms with Crippen molar-refractivity contribution in [1.29, 1.82) is 0 Å². The van der Waals surface area contributed by atoms with Crippen LogP contribution in [0.15, 0.2) is 24.3 Å². The molecule has 1 aliphatic heterocycles. The van der Waals surface area contributed by atoms with Crippen LogP contribution in [0.1, 0.15) is 51.0 Å². The van der Waals surface area contributed by atoms with E-state index in [0.717, 1.165) is 38.1 Å². The monoisotopic (exact) mass is 289 g/mol. The predicted octanol–water partition coefficient (Wildman–Crippen LogP) is 3.84.